The number of amides is 1. The normalized spacial score (nSPS) is 17.9. The average Bonchev–Trinajstić information content (AvgIpc) is 2.92. The topological polar surface area (TPSA) is 63.4 Å². The van der Waals surface area contributed by atoms with Gasteiger partial charge in [0.15, 0.2) is 0 Å². The van der Waals surface area contributed by atoms with Gasteiger partial charge in [0.25, 0.3) is 11.7 Å². The molecule has 0 N–H and O–H groups in total. The van der Waals surface area contributed by atoms with Crippen molar-refractivity contribution in [2.75, 3.05) is 18.8 Å². The lowest BCUT2D eigenvalue weighted by atomic mass is 10.0. The number of hydrogen-bond acceptors (Lipinski definition) is 5. The summed E-state index contributed by atoms with van der Waals surface area (Å²) in [6.07, 6.45) is 0.936. The van der Waals surface area contributed by atoms with Crippen molar-refractivity contribution in [2.24, 2.45) is 0 Å². The Morgan fingerprint density at radius 1 is 1.15 bits per heavy atom. The number of benzene rings is 1. The van der Waals surface area contributed by atoms with E-state index < -0.39 is 0 Å². The number of carbonyl (C=O) groups is 1. The van der Waals surface area contributed by atoms with E-state index in [2.05, 4.69) is 46.3 Å². The predicted molar refractivity (Wildman–Crippen MR) is 107 cm³/mol. The van der Waals surface area contributed by atoms with Crippen LogP contribution < -0.4 is 0 Å². The van der Waals surface area contributed by atoms with Crippen LogP contribution in [0.4, 0.5) is 0 Å². The number of aryl methyl sites for hydroxylation is 3. The first kappa shape index (κ1) is 18.0. The number of nitrogens with zero attached hydrogens (tertiary/aromatic N) is 5. The Balaban J connectivity index is 1.53. The van der Waals surface area contributed by atoms with E-state index in [0.29, 0.717) is 24.1 Å². The van der Waals surface area contributed by atoms with Crippen LogP contribution in [0.3, 0.4) is 0 Å². The van der Waals surface area contributed by atoms with Crippen molar-refractivity contribution < 1.29 is 4.79 Å². The maximum atomic E-state index is 13.0. The summed E-state index contributed by atoms with van der Waals surface area (Å²) < 4.78 is 1.64. The Hall–Kier alpha value is -2.41. The summed E-state index contributed by atoms with van der Waals surface area (Å²) in [7, 11) is 0. The lowest BCUT2D eigenvalue weighted by Gasteiger charge is -2.19. The van der Waals surface area contributed by atoms with Gasteiger partial charge in [0.2, 0.25) is 5.82 Å². The largest absolute Gasteiger partial charge is 0.335 e. The third-order valence-corrected chi connectivity index (χ3v) is 6.28. The van der Waals surface area contributed by atoms with Gasteiger partial charge in [-0.25, -0.2) is 9.50 Å². The lowest BCUT2D eigenvalue weighted by molar-refractivity contribution is 0.0754. The molecule has 1 unspecified atom stereocenters. The van der Waals surface area contributed by atoms with Crippen molar-refractivity contribution in [2.45, 2.75) is 32.4 Å². The predicted octanol–water partition coefficient (Wildman–Crippen LogP) is 3.37. The van der Waals surface area contributed by atoms with Crippen molar-refractivity contribution in [3.8, 4) is 0 Å². The zero-order chi connectivity index (χ0) is 19.0. The molecule has 0 radical (unpaired) electrons. The fraction of sp³-hybridized carbons (Fsp3) is 0.400. The van der Waals surface area contributed by atoms with Crippen LogP contribution in [0.5, 0.6) is 0 Å². The summed E-state index contributed by atoms with van der Waals surface area (Å²) in [4.78, 5) is 23.6. The second-order valence-electron chi connectivity index (χ2n) is 6.98. The van der Waals surface area contributed by atoms with Gasteiger partial charge in [-0.15, -0.1) is 5.10 Å². The number of thioether (sulfide) groups is 1. The molecule has 1 fully saturated rings. The highest BCUT2D eigenvalue weighted by atomic mass is 32.2. The van der Waals surface area contributed by atoms with Crippen molar-refractivity contribution in [3.05, 3.63) is 58.7 Å². The van der Waals surface area contributed by atoms with Crippen LogP contribution in [0.2, 0.25) is 0 Å². The van der Waals surface area contributed by atoms with Gasteiger partial charge in [0.1, 0.15) is 0 Å². The molecule has 2 aromatic heterocycles. The number of carbonyl (C=O) groups excluding carboxylic acids is 1. The van der Waals surface area contributed by atoms with Gasteiger partial charge in [-0.05, 0) is 44.4 Å². The maximum absolute atomic E-state index is 13.0. The standard InChI is InChI=1S/C20H23N5OS/c1-13-6-4-5-7-16(13)17-8-9-24(10-11-27-17)19(26)18-22-20-21-14(2)12-15(3)25(20)23-18/h4-7,12,17H,8-11H2,1-3H3. The molecule has 7 heteroatoms. The van der Waals surface area contributed by atoms with Gasteiger partial charge in [-0.1, -0.05) is 24.3 Å². The first-order valence-corrected chi connectivity index (χ1v) is 10.3. The van der Waals surface area contributed by atoms with E-state index in [1.54, 1.807) is 4.52 Å². The number of rotatable bonds is 2. The molecule has 0 bridgehead atoms. The minimum absolute atomic E-state index is 0.108. The maximum Gasteiger partial charge on any atom is 0.293 e. The van der Waals surface area contributed by atoms with Gasteiger partial charge < -0.3 is 4.90 Å². The Kier molecular flexibility index (Phi) is 4.86. The molecule has 1 amide bonds. The van der Waals surface area contributed by atoms with Crippen molar-refractivity contribution in [1.82, 2.24) is 24.5 Å². The molecule has 1 aliphatic heterocycles. The van der Waals surface area contributed by atoms with E-state index in [9.17, 15) is 4.79 Å². The van der Waals surface area contributed by atoms with Crippen molar-refractivity contribution >= 4 is 23.4 Å². The summed E-state index contributed by atoms with van der Waals surface area (Å²) >= 11 is 1.92. The highest BCUT2D eigenvalue weighted by Crippen LogP contribution is 2.36. The lowest BCUT2D eigenvalue weighted by Crippen LogP contribution is -2.33. The number of aromatic nitrogens is 4. The Morgan fingerprint density at radius 3 is 2.78 bits per heavy atom. The molecule has 0 spiro atoms. The van der Waals surface area contributed by atoms with Gasteiger partial charge in [-0.2, -0.15) is 16.7 Å². The first-order chi connectivity index (χ1) is 13.0. The fourth-order valence-corrected chi connectivity index (χ4v) is 4.89. The summed E-state index contributed by atoms with van der Waals surface area (Å²) in [5, 5.41) is 4.82. The Morgan fingerprint density at radius 2 is 1.96 bits per heavy atom. The van der Waals surface area contributed by atoms with E-state index in [1.165, 1.54) is 11.1 Å². The quantitative estimate of drug-likeness (QED) is 0.681. The third kappa shape index (κ3) is 3.56. The van der Waals surface area contributed by atoms with Crippen LogP contribution in [0.1, 0.15) is 44.8 Å². The van der Waals surface area contributed by atoms with Crippen LogP contribution >= 0.6 is 11.8 Å². The second kappa shape index (κ2) is 7.31. The minimum Gasteiger partial charge on any atom is -0.335 e. The first-order valence-electron chi connectivity index (χ1n) is 9.20. The van der Waals surface area contributed by atoms with Crippen LogP contribution in [-0.4, -0.2) is 49.2 Å². The van der Waals surface area contributed by atoms with Gasteiger partial charge in [0, 0.05) is 35.5 Å². The molecule has 1 aromatic carbocycles. The van der Waals surface area contributed by atoms with Crippen LogP contribution in [0, 0.1) is 20.8 Å². The van der Waals surface area contributed by atoms with E-state index >= 15 is 0 Å². The minimum atomic E-state index is -0.108. The highest BCUT2D eigenvalue weighted by Gasteiger charge is 2.26. The van der Waals surface area contributed by atoms with E-state index in [0.717, 1.165) is 23.6 Å². The summed E-state index contributed by atoms with van der Waals surface area (Å²) in [6, 6.07) is 10.5. The second-order valence-corrected chi connectivity index (χ2v) is 8.29. The summed E-state index contributed by atoms with van der Waals surface area (Å²) in [6.45, 7) is 7.45. The molecule has 140 valence electrons. The smallest absolute Gasteiger partial charge is 0.293 e. The molecule has 0 aliphatic carbocycles. The van der Waals surface area contributed by atoms with E-state index in [4.69, 9.17) is 0 Å². The summed E-state index contributed by atoms with van der Waals surface area (Å²) in [5.74, 6) is 1.52. The molecule has 1 atom stereocenters. The number of fused-ring (bicyclic) bond motifs is 1. The fourth-order valence-electron chi connectivity index (χ4n) is 3.57. The SMILES string of the molecule is Cc1cc(C)n2nc(C(=O)N3CCSC(c4ccccc4C)CC3)nc2n1. The molecular weight excluding hydrogens is 358 g/mol. The highest BCUT2D eigenvalue weighted by molar-refractivity contribution is 7.99. The molecule has 4 rings (SSSR count). The van der Waals surface area contributed by atoms with Crippen LogP contribution in [0.25, 0.3) is 5.78 Å². The average molecular weight is 382 g/mol. The third-order valence-electron chi connectivity index (χ3n) is 4.97. The monoisotopic (exact) mass is 381 g/mol. The molecular formula is C20H23N5OS. The van der Waals surface area contributed by atoms with Crippen LogP contribution in [0.15, 0.2) is 30.3 Å². The van der Waals surface area contributed by atoms with E-state index in [-0.39, 0.29) is 11.7 Å². The van der Waals surface area contributed by atoms with Gasteiger partial charge in [0.05, 0.1) is 0 Å². The van der Waals surface area contributed by atoms with Gasteiger partial charge in [-0.3, -0.25) is 4.79 Å². The van der Waals surface area contributed by atoms with E-state index in [1.807, 2.05) is 36.6 Å². The zero-order valence-electron chi connectivity index (χ0n) is 15.8. The number of hydrogen-bond donors (Lipinski definition) is 0. The molecule has 27 heavy (non-hydrogen) atoms. The molecule has 0 saturated carbocycles. The van der Waals surface area contributed by atoms with Crippen LogP contribution in [-0.2, 0) is 0 Å². The Bertz CT molecular complexity index is 999. The van der Waals surface area contributed by atoms with Gasteiger partial charge >= 0.3 is 0 Å². The molecule has 1 saturated heterocycles. The Labute approximate surface area is 163 Å². The summed E-state index contributed by atoms with van der Waals surface area (Å²) in [5.41, 5.74) is 4.49. The van der Waals surface area contributed by atoms with Crippen molar-refractivity contribution in [1.29, 1.82) is 0 Å². The molecule has 6 nitrogen and oxygen atoms in total. The molecule has 3 aromatic rings. The van der Waals surface area contributed by atoms with Crippen molar-refractivity contribution in [3.63, 3.8) is 0 Å². The molecule has 3 heterocycles. The zero-order valence-corrected chi connectivity index (χ0v) is 16.7. The molecule has 1 aliphatic rings.